The van der Waals surface area contributed by atoms with Crippen molar-refractivity contribution in [2.24, 2.45) is 5.73 Å². The summed E-state index contributed by atoms with van der Waals surface area (Å²) in [6, 6.07) is 11.6. The van der Waals surface area contributed by atoms with E-state index >= 15 is 0 Å². The fourth-order valence-corrected chi connectivity index (χ4v) is 4.52. The highest BCUT2D eigenvalue weighted by Gasteiger charge is 2.14. The quantitative estimate of drug-likeness (QED) is 0.475. The summed E-state index contributed by atoms with van der Waals surface area (Å²) in [5.41, 5.74) is 7.14. The minimum atomic E-state index is 0.0419. The fourth-order valence-electron chi connectivity index (χ4n) is 3.33. The predicted molar refractivity (Wildman–Crippen MR) is 116 cm³/mol. The Balaban J connectivity index is 2.09. The lowest BCUT2D eigenvalue weighted by molar-refractivity contribution is 0.309. The van der Waals surface area contributed by atoms with Crippen molar-refractivity contribution in [1.29, 1.82) is 0 Å². The van der Waals surface area contributed by atoms with Gasteiger partial charge in [0, 0.05) is 28.6 Å². The van der Waals surface area contributed by atoms with Crippen molar-refractivity contribution < 1.29 is 4.74 Å². The Morgan fingerprint density at radius 2 is 1.85 bits per heavy atom. The van der Waals surface area contributed by atoms with Crippen LogP contribution in [-0.2, 0) is 0 Å². The summed E-state index contributed by atoms with van der Waals surface area (Å²) in [5.74, 6) is 0.699. The normalized spacial score (nSPS) is 11.4. The van der Waals surface area contributed by atoms with Crippen LogP contribution in [0.5, 0.6) is 5.75 Å². The molecule has 3 rings (SSSR count). The number of ether oxygens (including phenoxy) is 1. The van der Waals surface area contributed by atoms with Gasteiger partial charge in [0.25, 0.3) is 0 Å². The molecular weight excluding hydrogens is 358 g/mol. The molecule has 0 saturated carbocycles. The molecule has 1 aromatic heterocycles. The third-order valence-electron chi connectivity index (χ3n) is 5.02. The van der Waals surface area contributed by atoms with E-state index in [0.717, 1.165) is 46.7 Å². The van der Waals surface area contributed by atoms with E-state index in [2.05, 4.69) is 29.7 Å². The van der Waals surface area contributed by atoms with Crippen LogP contribution in [0, 0.1) is 0 Å². The van der Waals surface area contributed by atoms with Crippen molar-refractivity contribution in [3.8, 4) is 5.75 Å². The summed E-state index contributed by atoms with van der Waals surface area (Å²) in [7, 11) is 1.61. The first kappa shape index (κ1) is 19.6. The summed E-state index contributed by atoms with van der Waals surface area (Å²) in [5, 5.41) is 1.44. The van der Waals surface area contributed by atoms with E-state index in [0.29, 0.717) is 17.8 Å². The summed E-state index contributed by atoms with van der Waals surface area (Å²) in [6.45, 7) is 8.57. The smallest absolute Gasteiger partial charge is 0.196 e. The minimum absolute atomic E-state index is 0.0419. The van der Waals surface area contributed by atoms with Crippen LogP contribution < -0.4 is 20.8 Å². The molecule has 144 valence electrons. The van der Waals surface area contributed by atoms with Crippen molar-refractivity contribution in [2.75, 3.05) is 44.9 Å². The second-order valence-corrected chi connectivity index (χ2v) is 7.47. The third kappa shape index (κ3) is 3.93. The van der Waals surface area contributed by atoms with Gasteiger partial charge in [0.05, 0.1) is 24.2 Å². The summed E-state index contributed by atoms with van der Waals surface area (Å²) >= 11 is 1.63. The van der Waals surface area contributed by atoms with Gasteiger partial charge in [-0.2, -0.15) is 0 Å². The Hall–Kier alpha value is -2.15. The maximum Gasteiger partial charge on any atom is 0.196 e. The number of rotatable bonds is 8. The Labute approximate surface area is 163 Å². The van der Waals surface area contributed by atoms with Gasteiger partial charge < -0.3 is 20.3 Å². The van der Waals surface area contributed by atoms with Gasteiger partial charge in [-0.25, -0.2) is 0 Å². The second kappa shape index (κ2) is 8.69. The van der Waals surface area contributed by atoms with Gasteiger partial charge in [0.2, 0.25) is 0 Å². The second-order valence-electron chi connectivity index (χ2n) is 6.42. The van der Waals surface area contributed by atoms with Gasteiger partial charge in [0.15, 0.2) is 5.43 Å². The molecule has 0 atom stereocenters. The zero-order valence-electron chi connectivity index (χ0n) is 16.2. The molecule has 0 amide bonds. The molecule has 0 radical (unpaired) electrons. The highest BCUT2D eigenvalue weighted by Crippen LogP contribution is 2.33. The number of hydrogen-bond acceptors (Lipinski definition) is 6. The molecule has 1 heterocycles. The van der Waals surface area contributed by atoms with Crippen molar-refractivity contribution in [3.63, 3.8) is 0 Å². The highest BCUT2D eigenvalue weighted by molar-refractivity contribution is 7.25. The lowest BCUT2D eigenvalue weighted by atomic mass is 10.1. The lowest BCUT2D eigenvalue weighted by Crippen LogP contribution is -2.38. The number of fused-ring (bicyclic) bond motifs is 2. The fraction of sp³-hybridized carbons (Fsp3) is 0.381. The van der Waals surface area contributed by atoms with E-state index < -0.39 is 0 Å². The van der Waals surface area contributed by atoms with E-state index in [9.17, 15) is 4.79 Å². The van der Waals surface area contributed by atoms with E-state index in [1.807, 2.05) is 30.3 Å². The number of hydrogen-bond donors (Lipinski definition) is 1. The molecule has 5 nitrogen and oxygen atoms in total. The average molecular weight is 386 g/mol. The average Bonchev–Trinajstić information content (AvgIpc) is 2.71. The van der Waals surface area contributed by atoms with Crippen LogP contribution in [0.2, 0.25) is 0 Å². The third-order valence-corrected chi connectivity index (χ3v) is 6.23. The first-order valence-electron chi connectivity index (χ1n) is 9.33. The van der Waals surface area contributed by atoms with E-state index in [1.54, 1.807) is 18.4 Å². The molecule has 0 saturated heterocycles. The molecule has 0 aliphatic rings. The van der Waals surface area contributed by atoms with Crippen LogP contribution >= 0.6 is 11.3 Å². The molecule has 2 N–H and O–H groups in total. The van der Waals surface area contributed by atoms with Gasteiger partial charge in [0.1, 0.15) is 5.75 Å². The summed E-state index contributed by atoms with van der Waals surface area (Å²) in [6.07, 6.45) is 0. The Morgan fingerprint density at radius 3 is 2.52 bits per heavy atom. The Kier molecular flexibility index (Phi) is 6.31. The zero-order valence-corrected chi connectivity index (χ0v) is 17.0. The molecule has 6 heteroatoms. The molecule has 0 aliphatic heterocycles. The van der Waals surface area contributed by atoms with E-state index in [4.69, 9.17) is 10.5 Å². The van der Waals surface area contributed by atoms with Crippen LogP contribution in [0.3, 0.4) is 0 Å². The maximum atomic E-state index is 13.1. The predicted octanol–water partition coefficient (Wildman–Crippen LogP) is 3.49. The highest BCUT2D eigenvalue weighted by atomic mass is 32.1. The van der Waals surface area contributed by atoms with Crippen molar-refractivity contribution in [2.45, 2.75) is 13.8 Å². The molecule has 0 spiro atoms. The molecular formula is C21H27N3O2S. The topological polar surface area (TPSA) is 58.8 Å². The summed E-state index contributed by atoms with van der Waals surface area (Å²) < 4.78 is 7.23. The SMILES string of the molecule is CCN(CC)CCN(CN)c1cccc2c(=O)c3cc(OC)ccc3sc12. The van der Waals surface area contributed by atoms with Crippen molar-refractivity contribution >= 4 is 37.2 Å². The van der Waals surface area contributed by atoms with Gasteiger partial charge in [-0.1, -0.05) is 19.9 Å². The van der Waals surface area contributed by atoms with Gasteiger partial charge in [-0.05, 0) is 43.4 Å². The molecule has 27 heavy (non-hydrogen) atoms. The number of nitrogens with zero attached hydrogens (tertiary/aromatic N) is 2. The largest absolute Gasteiger partial charge is 0.497 e. The number of nitrogens with two attached hydrogens (primary N) is 1. The zero-order chi connectivity index (χ0) is 19.4. The molecule has 2 aromatic carbocycles. The number of methoxy groups -OCH3 is 1. The Morgan fingerprint density at radius 1 is 1.07 bits per heavy atom. The van der Waals surface area contributed by atoms with Gasteiger partial charge >= 0.3 is 0 Å². The van der Waals surface area contributed by atoms with E-state index in [-0.39, 0.29) is 5.43 Å². The first-order chi connectivity index (χ1) is 13.1. The number of likely N-dealkylation sites (N-methyl/N-ethyl adjacent to an activating group) is 1. The molecule has 0 aliphatic carbocycles. The number of benzene rings is 2. The maximum absolute atomic E-state index is 13.1. The minimum Gasteiger partial charge on any atom is -0.497 e. The number of anilines is 1. The van der Waals surface area contributed by atoms with Crippen LogP contribution in [0.25, 0.3) is 20.2 Å². The molecule has 0 fully saturated rings. The lowest BCUT2D eigenvalue weighted by Gasteiger charge is -2.27. The molecule has 3 aromatic rings. The monoisotopic (exact) mass is 385 g/mol. The summed E-state index contributed by atoms with van der Waals surface area (Å²) in [4.78, 5) is 17.6. The van der Waals surface area contributed by atoms with Crippen molar-refractivity contribution in [3.05, 3.63) is 46.6 Å². The molecule has 0 bridgehead atoms. The van der Waals surface area contributed by atoms with Gasteiger partial charge in [-0.15, -0.1) is 11.3 Å². The van der Waals surface area contributed by atoms with Gasteiger partial charge in [-0.3, -0.25) is 4.79 Å². The van der Waals surface area contributed by atoms with Crippen LogP contribution in [0.15, 0.2) is 41.2 Å². The Bertz CT molecular complexity index is 982. The van der Waals surface area contributed by atoms with Crippen LogP contribution in [0.1, 0.15) is 13.8 Å². The van der Waals surface area contributed by atoms with E-state index in [1.165, 1.54) is 0 Å². The molecule has 0 unspecified atom stereocenters. The standard InChI is InChI=1S/C21H27N3O2S/c1-4-23(5-2)11-12-24(14-22)18-8-6-7-16-20(25)17-13-15(26-3)9-10-19(17)27-21(16)18/h6-10,13H,4-5,11-12,14,22H2,1-3H3. The van der Waals surface area contributed by atoms with Crippen molar-refractivity contribution in [1.82, 2.24) is 4.90 Å². The van der Waals surface area contributed by atoms with Crippen LogP contribution in [0.4, 0.5) is 5.69 Å². The van der Waals surface area contributed by atoms with Crippen LogP contribution in [-0.4, -0.2) is 44.9 Å². The first-order valence-corrected chi connectivity index (χ1v) is 10.2.